The van der Waals surface area contributed by atoms with E-state index in [1.807, 2.05) is 6.07 Å². The maximum absolute atomic E-state index is 12.2. The van der Waals surface area contributed by atoms with Crippen LogP contribution in [0, 0.1) is 0 Å². The van der Waals surface area contributed by atoms with E-state index in [2.05, 4.69) is 5.32 Å². The van der Waals surface area contributed by atoms with Gasteiger partial charge in [-0.1, -0.05) is 0 Å². The van der Waals surface area contributed by atoms with Gasteiger partial charge in [0.1, 0.15) is 0 Å². The number of Topliss-reactive ketones (excluding diaryl/α,β-unsaturated/α-hetero) is 1. The van der Waals surface area contributed by atoms with Crippen LogP contribution in [-0.2, 0) is 10.2 Å². The summed E-state index contributed by atoms with van der Waals surface area (Å²) in [6, 6.07) is 3.55. The first-order valence-corrected chi connectivity index (χ1v) is 6.16. The Balaban J connectivity index is 2.16. The summed E-state index contributed by atoms with van der Waals surface area (Å²) in [5.74, 6) is 1.20. The van der Waals surface area contributed by atoms with Gasteiger partial charge in [-0.15, -0.1) is 0 Å². The van der Waals surface area contributed by atoms with Crippen LogP contribution < -0.4 is 14.8 Å². The number of benzene rings is 1. The van der Waals surface area contributed by atoms with Crippen molar-refractivity contribution < 1.29 is 19.1 Å². The normalized spacial score (nSPS) is 24.5. The third kappa shape index (κ3) is 1.61. The number of nitrogens with one attached hydrogen (secondary N) is 1. The lowest BCUT2D eigenvalue weighted by Crippen LogP contribution is -2.26. The number of hydrogen-bond acceptors (Lipinski definition) is 4. The maximum Gasteiger partial charge on any atom is 0.221 e. The predicted molar refractivity (Wildman–Crippen MR) is 67.8 cm³/mol. The molecule has 0 radical (unpaired) electrons. The first kappa shape index (κ1) is 12.0. The Hall–Kier alpha value is -2.04. The molecule has 0 aromatic heterocycles. The number of carbonyl (C=O) groups is 2. The highest BCUT2D eigenvalue weighted by molar-refractivity contribution is 6.04. The summed E-state index contributed by atoms with van der Waals surface area (Å²) in [5.41, 5.74) is 1.14. The smallest absolute Gasteiger partial charge is 0.221 e. The molecule has 2 aliphatic rings. The molecule has 5 heteroatoms. The number of ketones is 1. The van der Waals surface area contributed by atoms with E-state index in [1.54, 1.807) is 20.3 Å². The van der Waals surface area contributed by atoms with Crippen LogP contribution in [0.4, 0.5) is 0 Å². The fourth-order valence-electron chi connectivity index (χ4n) is 3.06. The summed E-state index contributed by atoms with van der Waals surface area (Å²) in [5, 5.41) is 2.82. The summed E-state index contributed by atoms with van der Waals surface area (Å²) >= 11 is 0. The minimum atomic E-state index is -0.400. The highest BCUT2D eigenvalue weighted by atomic mass is 16.5. The molecule has 1 unspecified atom stereocenters. The fourth-order valence-corrected chi connectivity index (χ4v) is 3.06. The van der Waals surface area contributed by atoms with Gasteiger partial charge in [0, 0.05) is 30.4 Å². The third-order valence-corrected chi connectivity index (χ3v) is 4.02. The summed E-state index contributed by atoms with van der Waals surface area (Å²) < 4.78 is 10.5. The van der Waals surface area contributed by atoms with Crippen LogP contribution in [0.2, 0.25) is 0 Å². The number of hydrogen-bond donors (Lipinski definition) is 1. The van der Waals surface area contributed by atoms with Crippen LogP contribution in [0.5, 0.6) is 11.5 Å². The zero-order valence-corrected chi connectivity index (χ0v) is 10.9. The van der Waals surface area contributed by atoms with Crippen molar-refractivity contribution in [2.75, 3.05) is 20.8 Å². The molecule has 1 aliphatic carbocycles. The maximum atomic E-state index is 12.2. The Bertz CT molecular complexity index is 581. The van der Waals surface area contributed by atoms with Gasteiger partial charge in [-0.05, 0) is 17.7 Å². The Labute approximate surface area is 110 Å². The summed E-state index contributed by atoms with van der Waals surface area (Å²) in [4.78, 5) is 23.7. The van der Waals surface area contributed by atoms with Crippen molar-refractivity contribution >= 4 is 11.7 Å². The molecule has 1 amide bonds. The summed E-state index contributed by atoms with van der Waals surface area (Å²) in [6.07, 6.45) is 0.735. The zero-order chi connectivity index (χ0) is 13.6. The minimum absolute atomic E-state index is 0.00423. The lowest BCUT2D eigenvalue weighted by molar-refractivity contribution is -0.119. The molecule has 1 spiro atoms. The van der Waals surface area contributed by atoms with Crippen molar-refractivity contribution in [3.05, 3.63) is 23.3 Å². The molecule has 1 heterocycles. The fraction of sp³-hybridized carbons (Fsp3) is 0.429. The van der Waals surface area contributed by atoms with E-state index in [4.69, 9.17) is 9.47 Å². The summed E-state index contributed by atoms with van der Waals surface area (Å²) in [6.45, 7) is 0.514. The number of ether oxygens (including phenoxy) is 2. The molecule has 0 bridgehead atoms. The van der Waals surface area contributed by atoms with E-state index >= 15 is 0 Å². The topological polar surface area (TPSA) is 64.6 Å². The van der Waals surface area contributed by atoms with Crippen molar-refractivity contribution in [2.24, 2.45) is 0 Å². The SMILES string of the molecule is COc1cc2c(cc1OC)C1(CNC(=O)C1)CC2=O. The number of amides is 1. The number of fused-ring (bicyclic) bond motifs is 2. The molecule has 3 rings (SSSR count). The van der Waals surface area contributed by atoms with Crippen LogP contribution >= 0.6 is 0 Å². The van der Waals surface area contributed by atoms with E-state index in [0.29, 0.717) is 36.4 Å². The highest BCUT2D eigenvalue weighted by Gasteiger charge is 2.48. The lowest BCUT2D eigenvalue weighted by atomic mass is 9.81. The Morgan fingerprint density at radius 3 is 2.37 bits per heavy atom. The standard InChI is InChI=1S/C14H15NO4/c1-18-11-3-8-9(4-12(11)19-2)14(5-10(8)16)6-13(17)15-7-14/h3-4H,5-7H2,1-2H3,(H,15,17). The van der Waals surface area contributed by atoms with Gasteiger partial charge in [0.25, 0.3) is 0 Å². The lowest BCUT2D eigenvalue weighted by Gasteiger charge is -2.21. The zero-order valence-electron chi connectivity index (χ0n) is 10.9. The average Bonchev–Trinajstić information content (AvgIpc) is 2.90. The van der Waals surface area contributed by atoms with Crippen molar-refractivity contribution in [3.8, 4) is 11.5 Å². The van der Waals surface area contributed by atoms with E-state index in [0.717, 1.165) is 5.56 Å². The molecule has 5 nitrogen and oxygen atoms in total. The minimum Gasteiger partial charge on any atom is -0.493 e. The number of carbonyl (C=O) groups excluding carboxylic acids is 2. The molecule has 0 saturated carbocycles. The molecule has 1 aromatic rings. The quantitative estimate of drug-likeness (QED) is 0.864. The molecule has 19 heavy (non-hydrogen) atoms. The number of methoxy groups -OCH3 is 2. The molecule has 1 atom stereocenters. The van der Waals surface area contributed by atoms with Gasteiger partial charge < -0.3 is 14.8 Å². The second kappa shape index (κ2) is 3.98. The first-order chi connectivity index (χ1) is 9.09. The predicted octanol–water partition coefficient (Wildman–Crippen LogP) is 1.05. The van der Waals surface area contributed by atoms with Gasteiger partial charge in [-0.2, -0.15) is 0 Å². The van der Waals surface area contributed by atoms with E-state index in [1.165, 1.54) is 0 Å². The first-order valence-electron chi connectivity index (χ1n) is 6.16. The Morgan fingerprint density at radius 2 is 1.79 bits per heavy atom. The summed E-state index contributed by atoms with van der Waals surface area (Å²) in [7, 11) is 3.10. The van der Waals surface area contributed by atoms with Crippen molar-refractivity contribution in [1.29, 1.82) is 0 Å². The van der Waals surface area contributed by atoms with Gasteiger partial charge in [0.2, 0.25) is 5.91 Å². The largest absolute Gasteiger partial charge is 0.493 e. The monoisotopic (exact) mass is 261 g/mol. The third-order valence-electron chi connectivity index (χ3n) is 4.02. The van der Waals surface area contributed by atoms with Gasteiger partial charge in [-0.25, -0.2) is 0 Å². The molecule has 100 valence electrons. The molecule has 1 aromatic carbocycles. The van der Waals surface area contributed by atoms with E-state index in [9.17, 15) is 9.59 Å². The Morgan fingerprint density at radius 1 is 1.11 bits per heavy atom. The van der Waals surface area contributed by atoms with Crippen molar-refractivity contribution in [3.63, 3.8) is 0 Å². The Kier molecular flexibility index (Phi) is 2.52. The number of rotatable bonds is 2. The molecule has 1 saturated heterocycles. The van der Waals surface area contributed by atoms with Crippen molar-refractivity contribution in [1.82, 2.24) is 5.32 Å². The van der Waals surface area contributed by atoms with Crippen LogP contribution in [-0.4, -0.2) is 32.5 Å². The van der Waals surface area contributed by atoms with Crippen LogP contribution in [0.1, 0.15) is 28.8 Å². The molecule has 1 aliphatic heterocycles. The van der Waals surface area contributed by atoms with Crippen molar-refractivity contribution in [2.45, 2.75) is 18.3 Å². The highest BCUT2D eigenvalue weighted by Crippen LogP contribution is 2.47. The van der Waals surface area contributed by atoms with Gasteiger partial charge in [-0.3, -0.25) is 9.59 Å². The van der Waals surface area contributed by atoms with Crippen LogP contribution in [0.3, 0.4) is 0 Å². The van der Waals surface area contributed by atoms with Crippen LogP contribution in [0.15, 0.2) is 12.1 Å². The second-order valence-corrected chi connectivity index (χ2v) is 5.09. The van der Waals surface area contributed by atoms with Gasteiger partial charge >= 0.3 is 0 Å². The van der Waals surface area contributed by atoms with E-state index < -0.39 is 5.41 Å². The van der Waals surface area contributed by atoms with Gasteiger partial charge in [0.15, 0.2) is 17.3 Å². The molecular weight excluding hydrogens is 246 g/mol. The van der Waals surface area contributed by atoms with Gasteiger partial charge in [0.05, 0.1) is 14.2 Å². The van der Waals surface area contributed by atoms with E-state index in [-0.39, 0.29) is 11.7 Å². The molecule has 1 fully saturated rings. The molecular formula is C14H15NO4. The molecule has 1 N–H and O–H groups in total. The van der Waals surface area contributed by atoms with Crippen LogP contribution in [0.25, 0.3) is 0 Å². The average molecular weight is 261 g/mol. The second-order valence-electron chi connectivity index (χ2n) is 5.09.